The molecule has 2 heteroatoms. The molecule has 1 nitrogen and oxygen atoms in total. The van der Waals surface area contributed by atoms with Crippen molar-refractivity contribution in [1.29, 1.82) is 0 Å². The largest absolute Gasteiger partial charge is 0.310 e. The average molecular weight is 352 g/mol. The van der Waals surface area contributed by atoms with Crippen LogP contribution in [0.5, 0.6) is 0 Å². The Morgan fingerprint density at radius 3 is 2.62 bits per heavy atom. The van der Waals surface area contributed by atoms with E-state index in [0.29, 0.717) is 6.04 Å². The summed E-state index contributed by atoms with van der Waals surface area (Å²) in [6.07, 6.45) is 5.27. The topological polar surface area (TPSA) is 12.0 Å². The Balaban J connectivity index is 2.21. The Labute approximate surface area is 139 Å². The molecule has 0 amide bonds. The van der Waals surface area contributed by atoms with E-state index in [4.69, 9.17) is 0 Å². The molecule has 0 bridgehead atoms. The zero-order valence-electron chi connectivity index (χ0n) is 14.0. The van der Waals surface area contributed by atoms with Crippen LogP contribution in [0.15, 0.2) is 22.7 Å². The Morgan fingerprint density at radius 2 is 2.00 bits per heavy atom. The zero-order valence-corrected chi connectivity index (χ0v) is 15.5. The molecular weight excluding hydrogens is 322 g/mol. The Morgan fingerprint density at radius 1 is 1.24 bits per heavy atom. The van der Waals surface area contributed by atoms with Crippen LogP contribution in [0.25, 0.3) is 0 Å². The summed E-state index contributed by atoms with van der Waals surface area (Å²) >= 11 is 3.79. The molecule has 1 aliphatic rings. The first-order chi connectivity index (χ1) is 10.0. The van der Waals surface area contributed by atoms with Crippen LogP contribution in [0, 0.1) is 24.7 Å². The first kappa shape index (κ1) is 17.0. The summed E-state index contributed by atoms with van der Waals surface area (Å²) in [7, 11) is 0. The van der Waals surface area contributed by atoms with Crippen LogP contribution >= 0.6 is 15.9 Å². The van der Waals surface area contributed by atoms with Crippen molar-refractivity contribution >= 4 is 15.9 Å². The first-order valence-electron chi connectivity index (χ1n) is 8.52. The average Bonchev–Trinajstić information content (AvgIpc) is 2.44. The molecule has 0 radical (unpaired) electrons. The van der Waals surface area contributed by atoms with Gasteiger partial charge in [-0.15, -0.1) is 0 Å². The van der Waals surface area contributed by atoms with Gasteiger partial charge in [-0.3, -0.25) is 0 Å². The van der Waals surface area contributed by atoms with E-state index >= 15 is 0 Å². The molecule has 1 aromatic rings. The van der Waals surface area contributed by atoms with Gasteiger partial charge in [0, 0.05) is 10.5 Å². The van der Waals surface area contributed by atoms with E-state index in [0.717, 1.165) is 24.3 Å². The summed E-state index contributed by atoms with van der Waals surface area (Å²) in [5.74, 6) is 2.50. The molecule has 1 N–H and O–H groups in total. The lowest BCUT2D eigenvalue weighted by Gasteiger charge is -2.37. The molecule has 4 atom stereocenters. The quantitative estimate of drug-likeness (QED) is 0.699. The van der Waals surface area contributed by atoms with E-state index in [1.165, 1.54) is 41.3 Å². The van der Waals surface area contributed by atoms with Gasteiger partial charge in [0.1, 0.15) is 0 Å². The van der Waals surface area contributed by atoms with Gasteiger partial charge in [0.05, 0.1) is 0 Å². The lowest BCUT2D eigenvalue weighted by molar-refractivity contribution is 0.171. The number of hydrogen-bond donors (Lipinski definition) is 1. The van der Waals surface area contributed by atoms with Gasteiger partial charge in [0.25, 0.3) is 0 Å². The summed E-state index contributed by atoms with van der Waals surface area (Å²) in [6.45, 7) is 10.4. The molecule has 0 heterocycles. The summed E-state index contributed by atoms with van der Waals surface area (Å²) in [4.78, 5) is 0. The summed E-state index contributed by atoms with van der Waals surface area (Å²) in [6, 6.07) is 7.31. The van der Waals surface area contributed by atoms with Gasteiger partial charge in [-0.05, 0) is 67.7 Å². The first-order valence-corrected chi connectivity index (χ1v) is 9.31. The molecule has 118 valence electrons. The Hall–Kier alpha value is -0.340. The van der Waals surface area contributed by atoms with E-state index in [1.807, 2.05) is 0 Å². The van der Waals surface area contributed by atoms with Crippen molar-refractivity contribution in [2.45, 2.75) is 59.4 Å². The van der Waals surface area contributed by atoms with Crippen LogP contribution in [0.4, 0.5) is 0 Å². The highest BCUT2D eigenvalue weighted by Gasteiger charge is 2.31. The van der Waals surface area contributed by atoms with Gasteiger partial charge >= 0.3 is 0 Å². The van der Waals surface area contributed by atoms with Crippen molar-refractivity contribution in [1.82, 2.24) is 5.32 Å². The van der Waals surface area contributed by atoms with E-state index in [1.54, 1.807) is 0 Å². The SMILES string of the molecule is CCCNC(c1ccc(C)cc1Br)C1CCC(C)C(C)C1. The summed E-state index contributed by atoms with van der Waals surface area (Å²) < 4.78 is 1.27. The van der Waals surface area contributed by atoms with Crippen molar-refractivity contribution in [2.75, 3.05) is 6.54 Å². The van der Waals surface area contributed by atoms with Crippen LogP contribution < -0.4 is 5.32 Å². The number of nitrogens with one attached hydrogen (secondary N) is 1. The highest BCUT2D eigenvalue weighted by molar-refractivity contribution is 9.10. The van der Waals surface area contributed by atoms with Crippen LogP contribution in [0.1, 0.15) is 63.6 Å². The fourth-order valence-electron chi connectivity index (χ4n) is 3.61. The minimum Gasteiger partial charge on any atom is -0.310 e. The zero-order chi connectivity index (χ0) is 15.4. The molecule has 1 fully saturated rings. The second-order valence-corrected chi connectivity index (χ2v) is 7.84. The highest BCUT2D eigenvalue weighted by Crippen LogP contribution is 2.41. The van der Waals surface area contributed by atoms with Crippen molar-refractivity contribution in [3.8, 4) is 0 Å². The van der Waals surface area contributed by atoms with Gasteiger partial charge < -0.3 is 5.32 Å². The van der Waals surface area contributed by atoms with Gasteiger partial charge in [-0.25, -0.2) is 0 Å². The van der Waals surface area contributed by atoms with Gasteiger partial charge in [0.2, 0.25) is 0 Å². The van der Waals surface area contributed by atoms with Gasteiger partial charge in [-0.1, -0.05) is 55.3 Å². The van der Waals surface area contributed by atoms with Crippen LogP contribution in [0.3, 0.4) is 0 Å². The van der Waals surface area contributed by atoms with Crippen molar-refractivity contribution in [3.05, 3.63) is 33.8 Å². The van der Waals surface area contributed by atoms with Crippen LogP contribution in [-0.2, 0) is 0 Å². The smallest absolute Gasteiger partial charge is 0.0359 e. The van der Waals surface area contributed by atoms with E-state index < -0.39 is 0 Å². The van der Waals surface area contributed by atoms with E-state index in [-0.39, 0.29) is 0 Å². The normalized spacial score (nSPS) is 27.6. The molecule has 21 heavy (non-hydrogen) atoms. The number of benzene rings is 1. The molecule has 2 rings (SSSR count). The molecule has 4 unspecified atom stereocenters. The van der Waals surface area contributed by atoms with Crippen molar-refractivity contribution in [2.24, 2.45) is 17.8 Å². The Kier molecular flexibility index (Phi) is 6.31. The standard InChI is InChI=1S/C19H30BrN/c1-5-10-21-19(16-8-7-14(3)15(4)12-16)17-9-6-13(2)11-18(17)20/h6,9,11,14-16,19,21H,5,7-8,10,12H2,1-4H3. The number of rotatable bonds is 5. The highest BCUT2D eigenvalue weighted by atomic mass is 79.9. The number of halogens is 1. The molecule has 0 aliphatic heterocycles. The maximum Gasteiger partial charge on any atom is 0.0359 e. The lowest BCUT2D eigenvalue weighted by atomic mass is 9.72. The second kappa shape index (κ2) is 7.78. The third-order valence-electron chi connectivity index (χ3n) is 5.22. The van der Waals surface area contributed by atoms with E-state index in [2.05, 4.69) is 67.1 Å². The fourth-order valence-corrected chi connectivity index (χ4v) is 4.35. The molecule has 0 spiro atoms. The summed E-state index contributed by atoms with van der Waals surface area (Å²) in [5, 5.41) is 3.82. The molecule has 0 saturated heterocycles. The van der Waals surface area contributed by atoms with Gasteiger partial charge in [0.15, 0.2) is 0 Å². The molecule has 1 saturated carbocycles. The van der Waals surface area contributed by atoms with E-state index in [9.17, 15) is 0 Å². The summed E-state index contributed by atoms with van der Waals surface area (Å²) in [5.41, 5.74) is 2.77. The third-order valence-corrected chi connectivity index (χ3v) is 5.90. The molecular formula is C19H30BrN. The minimum atomic E-state index is 0.495. The van der Waals surface area contributed by atoms with Crippen molar-refractivity contribution in [3.63, 3.8) is 0 Å². The van der Waals surface area contributed by atoms with Crippen LogP contribution in [0.2, 0.25) is 0 Å². The predicted octanol–water partition coefficient (Wildman–Crippen LogP) is 5.87. The fraction of sp³-hybridized carbons (Fsp3) is 0.684. The van der Waals surface area contributed by atoms with Crippen LogP contribution in [-0.4, -0.2) is 6.54 Å². The van der Waals surface area contributed by atoms with Crippen molar-refractivity contribution < 1.29 is 0 Å². The molecule has 0 aromatic heterocycles. The minimum absolute atomic E-state index is 0.495. The molecule has 1 aromatic carbocycles. The maximum absolute atomic E-state index is 3.82. The third kappa shape index (κ3) is 4.32. The number of aryl methyl sites for hydroxylation is 1. The predicted molar refractivity (Wildman–Crippen MR) is 95.6 cm³/mol. The number of hydrogen-bond acceptors (Lipinski definition) is 1. The molecule has 1 aliphatic carbocycles. The maximum atomic E-state index is 3.82. The second-order valence-electron chi connectivity index (χ2n) is 6.98. The van der Waals surface area contributed by atoms with Gasteiger partial charge in [-0.2, -0.15) is 0 Å². The Bertz CT molecular complexity index is 457. The monoisotopic (exact) mass is 351 g/mol. The lowest BCUT2D eigenvalue weighted by Crippen LogP contribution is -2.34.